The third-order valence-corrected chi connectivity index (χ3v) is 3.91. The number of carbonyl (C=O) groups is 3. The Bertz CT molecular complexity index is 1020. The highest BCUT2D eigenvalue weighted by molar-refractivity contribution is 6.10. The van der Waals surface area contributed by atoms with Crippen molar-refractivity contribution < 1.29 is 24.2 Å². The number of esters is 1. The molecule has 0 aliphatic heterocycles. The lowest BCUT2D eigenvalue weighted by Crippen LogP contribution is -2.23. The molecule has 0 spiro atoms. The molecule has 0 aliphatic rings. The highest BCUT2D eigenvalue weighted by Crippen LogP contribution is 2.17. The van der Waals surface area contributed by atoms with E-state index >= 15 is 0 Å². The topological polar surface area (TPSA) is 105 Å². The van der Waals surface area contributed by atoms with Gasteiger partial charge in [-0.25, -0.2) is 4.79 Å². The molecule has 0 radical (unpaired) electrons. The molecule has 0 aromatic heterocycles. The van der Waals surface area contributed by atoms with E-state index in [1.807, 2.05) is 6.07 Å². The van der Waals surface area contributed by atoms with Crippen LogP contribution in [0.15, 0.2) is 78.9 Å². The first kappa shape index (κ1) is 19.6. The zero-order chi connectivity index (χ0) is 20.6. The van der Waals surface area contributed by atoms with Crippen molar-refractivity contribution in [1.29, 1.82) is 0 Å². The average molecular weight is 390 g/mol. The van der Waals surface area contributed by atoms with Crippen molar-refractivity contribution in [2.75, 3.05) is 17.2 Å². The molecular weight excluding hydrogens is 372 g/mol. The van der Waals surface area contributed by atoms with E-state index in [0.29, 0.717) is 11.4 Å². The molecule has 0 bridgehead atoms. The first-order chi connectivity index (χ1) is 14.0. The number of benzene rings is 3. The van der Waals surface area contributed by atoms with Gasteiger partial charge in [0.15, 0.2) is 6.61 Å². The van der Waals surface area contributed by atoms with Gasteiger partial charge >= 0.3 is 5.97 Å². The number of carbonyl (C=O) groups excluding carboxylic acids is 3. The zero-order valence-electron chi connectivity index (χ0n) is 15.3. The summed E-state index contributed by atoms with van der Waals surface area (Å²) < 4.78 is 4.96. The molecule has 0 saturated carbocycles. The third kappa shape index (κ3) is 5.43. The number of hydrogen-bond acceptors (Lipinski definition) is 5. The lowest BCUT2D eigenvalue weighted by molar-refractivity contribution is -0.119. The third-order valence-electron chi connectivity index (χ3n) is 3.91. The maximum Gasteiger partial charge on any atom is 0.338 e. The summed E-state index contributed by atoms with van der Waals surface area (Å²) >= 11 is 0. The molecule has 0 fully saturated rings. The van der Waals surface area contributed by atoms with Crippen LogP contribution in [-0.4, -0.2) is 29.5 Å². The molecule has 0 saturated heterocycles. The van der Waals surface area contributed by atoms with Crippen LogP contribution in [0.2, 0.25) is 0 Å². The number of anilines is 2. The summed E-state index contributed by atoms with van der Waals surface area (Å²) in [5.74, 6) is -1.65. The Hall–Kier alpha value is -4.13. The van der Waals surface area contributed by atoms with E-state index in [9.17, 15) is 19.5 Å². The summed E-state index contributed by atoms with van der Waals surface area (Å²) in [7, 11) is 0. The summed E-state index contributed by atoms with van der Waals surface area (Å²) in [4.78, 5) is 36.6. The van der Waals surface area contributed by atoms with Crippen molar-refractivity contribution in [3.05, 3.63) is 90.0 Å². The van der Waals surface area contributed by atoms with Crippen molar-refractivity contribution in [3.8, 4) is 5.75 Å². The number of phenols is 1. The van der Waals surface area contributed by atoms with Crippen LogP contribution >= 0.6 is 0 Å². The minimum Gasteiger partial charge on any atom is -0.508 e. The highest BCUT2D eigenvalue weighted by Gasteiger charge is 2.15. The standard InChI is InChI=1S/C22H18N2O5/c25-17-12-10-15(11-13-17)22(28)29-14-20(26)24-19-9-5-4-8-18(19)21(27)23-16-6-2-1-3-7-16/h1-13,25H,14H2,(H,23,27)(H,24,26). The lowest BCUT2D eigenvalue weighted by Gasteiger charge is -2.12. The van der Waals surface area contributed by atoms with Gasteiger partial charge in [-0.1, -0.05) is 30.3 Å². The van der Waals surface area contributed by atoms with Crippen LogP contribution in [0.5, 0.6) is 5.75 Å². The second-order valence-corrected chi connectivity index (χ2v) is 6.04. The molecule has 7 heteroatoms. The van der Waals surface area contributed by atoms with E-state index in [2.05, 4.69) is 10.6 Å². The summed E-state index contributed by atoms with van der Waals surface area (Å²) in [5.41, 5.74) is 1.40. The number of ether oxygens (including phenoxy) is 1. The Kier molecular flexibility index (Phi) is 6.22. The minimum atomic E-state index is -0.699. The highest BCUT2D eigenvalue weighted by atomic mass is 16.5. The van der Waals surface area contributed by atoms with E-state index in [1.54, 1.807) is 48.5 Å². The molecule has 0 unspecified atom stereocenters. The first-order valence-electron chi connectivity index (χ1n) is 8.74. The van der Waals surface area contributed by atoms with Crippen molar-refractivity contribution in [2.45, 2.75) is 0 Å². The van der Waals surface area contributed by atoms with Crippen molar-refractivity contribution in [2.24, 2.45) is 0 Å². The zero-order valence-corrected chi connectivity index (χ0v) is 15.3. The summed E-state index contributed by atoms with van der Waals surface area (Å²) in [5, 5.41) is 14.6. The van der Waals surface area contributed by atoms with Gasteiger partial charge < -0.3 is 20.5 Å². The molecular formula is C22H18N2O5. The second kappa shape index (κ2) is 9.18. The van der Waals surface area contributed by atoms with Crippen LogP contribution in [0, 0.1) is 0 Å². The Morgan fingerprint density at radius 1 is 0.793 bits per heavy atom. The number of phenolic OH excluding ortho intramolecular Hbond substituents is 1. The Morgan fingerprint density at radius 3 is 2.17 bits per heavy atom. The predicted octanol–water partition coefficient (Wildman–Crippen LogP) is 3.44. The van der Waals surface area contributed by atoms with E-state index < -0.39 is 18.5 Å². The van der Waals surface area contributed by atoms with E-state index in [4.69, 9.17) is 4.74 Å². The van der Waals surface area contributed by atoms with E-state index in [0.717, 1.165) is 0 Å². The summed E-state index contributed by atoms with van der Waals surface area (Å²) in [6.45, 7) is -0.519. The SMILES string of the molecule is O=C(COC(=O)c1ccc(O)cc1)Nc1ccccc1C(=O)Nc1ccccc1. The van der Waals surface area contributed by atoms with E-state index in [1.165, 1.54) is 24.3 Å². The van der Waals surface area contributed by atoms with Gasteiger partial charge in [-0.05, 0) is 48.5 Å². The molecule has 3 N–H and O–H groups in total. The fourth-order valence-electron chi connectivity index (χ4n) is 2.51. The van der Waals surface area contributed by atoms with Gasteiger partial charge in [0.1, 0.15) is 5.75 Å². The Labute approximate surface area is 166 Å². The molecule has 3 aromatic carbocycles. The van der Waals surface area contributed by atoms with Crippen molar-refractivity contribution in [3.63, 3.8) is 0 Å². The lowest BCUT2D eigenvalue weighted by atomic mass is 10.1. The largest absolute Gasteiger partial charge is 0.508 e. The summed E-state index contributed by atoms with van der Waals surface area (Å²) in [6, 6.07) is 20.9. The molecule has 0 heterocycles. The molecule has 29 heavy (non-hydrogen) atoms. The Morgan fingerprint density at radius 2 is 1.45 bits per heavy atom. The van der Waals surface area contributed by atoms with Crippen LogP contribution in [0.25, 0.3) is 0 Å². The van der Waals surface area contributed by atoms with Gasteiger partial charge in [-0.3, -0.25) is 9.59 Å². The van der Waals surface area contributed by atoms with Crippen LogP contribution in [0.1, 0.15) is 20.7 Å². The minimum absolute atomic E-state index is 0.0182. The maximum absolute atomic E-state index is 12.5. The molecule has 146 valence electrons. The fraction of sp³-hybridized carbons (Fsp3) is 0.0455. The van der Waals surface area contributed by atoms with Gasteiger partial charge in [0.2, 0.25) is 0 Å². The quantitative estimate of drug-likeness (QED) is 0.559. The van der Waals surface area contributed by atoms with Crippen LogP contribution in [0.3, 0.4) is 0 Å². The number of hydrogen-bond donors (Lipinski definition) is 3. The first-order valence-corrected chi connectivity index (χ1v) is 8.74. The van der Waals surface area contributed by atoms with Crippen LogP contribution < -0.4 is 10.6 Å². The number of aromatic hydroxyl groups is 1. The smallest absolute Gasteiger partial charge is 0.338 e. The van der Waals surface area contributed by atoms with Crippen LogP contribution in [-0.2, 0) is 9.53 Å². The van der Waals surface area contributed by atoms with Gasteiger partial charge in [0, 0.05) is 5.69 Å². The predicted molar refractivity (Wildman–Crippen MR) is 108 cm³/mol. The van der Waals surface area contributed by atoms with Gasteiger partial charge in [-0.15, -0.1) is 0 Å². The van der Waals surface area contributed by atoms with Crippen molar-refractivity contribution in [1.82, 2.24) is 0 Å². The molecule has 3 rings (SSSR count). The van der Waals surface area contributed by atoms with E-state index in [-0.39, 0.29) is 22.8 Å². The number of para-hydroxylation sites is 2. The van der Waals surface area contributed by atoms with Gasteiger partial charge in [0.05, 0.1) is 16.8 Å². The average Bonchev–Trinajstić information content (AvgIpc) is 2.73. The number of amides is 2. The molecule has 0 atom stereocenters. The second-order valence-electron chi connectivity index (χ2n) is 6.04. The maximum atomic E-state index is 12.5. The van der Waals surface area contributed by atoms with Gasteiger partial charge in [-0.2, -0.15) is 0 Å². The molecule has 2 amide bonds. The summed E-state index contributed by atoms with van der Waals surface area (Å²) in [6.07, 6.45) is 0. The molecule has 7 nitrogen and oxygen atoms in total. The van der Waals surface area contributed by atoms with Crippen LogP contribution in [0.4, 0.5) is 11.4 Å². The fourth-order valence-corrected chi connectivity index (χ4v) is 2.51. The Balaban J connectivity index is 1.61. The monoisotopic (exact) mass is 390 g/mol. The van der Waals surface area contributed by atoms with Crippen molar-refractivity contribution >= 4 is 29.2 Å². The normalized spacial score (nSPS) is 10.1. The molecule has 3 aromatic rings. The number of rotatable bonds is 6. The molecule has 0 aliphatic carbocycles. The van der Waals surface area contributed by atoms with Gasteiger partial charge in [0.25, 0.3) is 11.8 Å². The number of nitrogens with one attached hydrogen (secondary N) is 2.